The summed E-state index contributed by atoms with van der Waals surface area (Å²) in [7, 11) is 0. The van der Waals surface area contributed by atoms with Crippen LogP contribution in [0.25, 0.3) is 5.69 Å². The number of nitrogens with zero attached hydrogens (tertiary/aromatic N) is 2. The van der Waals surface area contributed by atoms with Crippen LogP contribution in [0.15, 0.2) is 53.6 Å². The van der Waals surface area contributed by atoms with Gasteiger partial charge in [-0.2, -0.15) is 5.10 Å². The van der Waals surface area contributed by atoms with Crippen LogP contribution in [0.2, 0.25) is 0 Å². The van der Waals surface area contributed by atoms with Gasteiger partial charge in [0.05, 0.1) is 18.4 Å². The van der Waals surface area contributed by atoms with E-state index < -0.39 is 0 Å². The van der Waals surface area contributed by atoms with Crippen LogP contribution in [0, 0.1) is 13.8 Å². The number of rotatable bonds is 6. The fourth-order valence-corrected chi connectivity index (χ4v) is 3.54. The van der Waals surface area contributed by atoms with Crippen molar-refractivity contribution in [3.8, 4) is 17.2 Å². The molecule has 0 radical (unpaired) electrons. The van der Waals surface area contributed by atoms with Gasteiger partial charge in [-0.3, -0.25) is 4.79 Å². The number of fused-ring (bicyclic) bond motifs is 1. The third-order valence-electron chi connectivity index (χ3n) is 5.11. The van der Waals surface area contributed by atoms with Crippen molar-refractivity contribution >= 4 is 18.1 Å². The Balaban J connectivity index is 1.47. The van der Waals surface area contributed by atoms with Crippen LogP contribution in [0.3, 0.4) is 0 Å². The normalized spacial score (nSPS) is 12.2. The molecule has 164 valence electrons. The smallest absolute Gasteiger partial charge is 0.338 e. The molecular weight excluding hydrogens is 410 g/mol. The van der Waals surface area contributed by atoms with E-state index in [1.165, 1.54) is 0 Å². The van der Waals surface area contributed by atoms with Crippen molar-refractivity contribution in [2.75, 3.05) is 13.4 Å². The molecular formula is C24H23N3O5. The van der Waals surface area contributed by atoms with Gasteiger partial charge in [-0.05, 0) is 69.3 Å². The van der Waals surface area contributed by atoms with E-state index in [1.807, 2.05) is 32.0 Å². The number of aryl methyl sites for hydroxylation is 1. The fourth-order valence-electron chi connectivity index (χ4n) is 3.54. The first kappa shape index (κ1) is 21.2. The number of esters is 1. The van der Waals surface area contributed by atoms with E-state index in [-0.39, 0.29) is 18.7 Å². The molecule has 1 aromatic heterocycles. The Bertz CT molecular complexity index is 1200. The van der Waals surface area contributed by atoms with Gasteiger partial charge >= 0.3 is 5.97 Å². The highest BCUT2D eigenvalue weighted by Gasteiger charge is 2.16. The first-order valence-electron chi connectivity index (χ1n) is 10.2. The number of ether oxygens (including phenoxy) is 3. The Morgan fingerprint density at radius 2 is 1.78 bits per heavy atom. The van der Waals surface area contributed by atoms with E-state index >= 15 is 0 Å². The summed E-state index contributed by atoms with van der Waals surface area (Å²) >= 11 is 0. The lowest BCUT2D eigenvalue weighted by Crippen LogP contribution is -2.17. The number of aromatic nitrogens is 1. The summed E-state index contributed by atoms with van der Waals surface area (Å²) in [6.45, 7) is 6.21. The van der Waals surface area contributed by atoms with Crippen molar-refractivity contribution in [2.24, 2.45) is 5.10 Å². The third kappa shape index (κ3) is 4.20. The molecule has 8 heteroatoms. The van der Waals surface area contributed by atoms with Gasteiger partial charge in [-0.15, -0.1) is 0 Å². The molecule has 4 rings (SSSR count). The minimum atomic E-state index is -0.345. The summed E-state index contributed by atoms with van der Waals surface area (Å²) in [4.78, 5) is 24.3. The van der Waals surface area contributed by atoms with Gasteiger partial charge in [0, 0.05) is 28.2 Å². The van der Waals surface area contributed by atoms with Gasteiger partial charge in [-0.1, -0.05) is 0 Å². The molecule has 2 aromatic carbocycles. The molecule has 0 bridgehead atoms. The summed E-state index contributed by atoms with van der Waals surface area (Å²) in [5, 5.41) is 4.11. The minimum absolute atomic E-state index is 0.153. The maximum atomic E-state index is 12.4. The van der Waals surface area contributed by atoms with Gasteiger partial charge in [0.15, 0.2) is 11.5 Å². The number of nitrogens with one attached hydrogen (secondary N) is 1. The Morgan fingerprint density at radius 3 is 2.53 bits per heavy atom. The predicted molar refractivity (Wildman–Crippen MR) is 119 cm³/mol. The van der Waals surface area contributed by atoms with Crippen LogP contribution < -0.4 is 14.9 Å². The van der Waals surface area contributed by atoms with Crippen molar-refractivity contribution in [2.45, 2.75) is 20.8 Å². The Morgan fingerprint density at radius 1 is 1.06 bits per heavy atom. The van der Waals surface area contributed by atoms with Gasteiger partial charge in [0.25, 0.3) is 5.91 Å². The Kier molecular flexibility index (Phi) is 5.93. The maximum absolute atomic E-state index is 12.4. The highest BCUT2D eigenvalue weighted by molar-refractivity contribution is 5.95. The van der Waals surface area contributed by atoms with Crippen molar-refractivity contribution in [3.63, 3.8) is 0 Å². The van der Waals surface area contributed by atoms with E-state index in [1.54, 1.807) is 43.5 Å². The molecule has 2 heterocycles. The zero-order valence-corrected chi connectivity index (χ0v) is 18.0. The third-order valence-corrected chi connectivity index (χ3v) is 5.11. The summed E-state index contributed by atoms with van der Waals surface area (Å²) in [6.07, 6.45) is 1.61. The summed E-state index contributed by atoms with van der Waals surface area (Å²) in [5.41, 5.74) is 7.20. The lowest BCUT2D eigenvalue weighted by Gasteiger charge is -2.10. The largest absolute Gasteiger partial charge is 0.462 e. The average molecular weight is 433 g/mol. The van der Waals surface area contributed by atoms with E-state index in [9.17, 15) is 9.59 Å². The molecule has 0 aliphatic carbocycles. The first-order valence-corrected chi connectivity index (χ1v) is 10.2. The number of benzene rings is 2. The van der Waals surface area contributed by atoms with Crippen LogP contribution >= 0.6 is 0 Å². The van der Waals surface area contributed by atoms with E-state index in [2.05, 4.69) is 15.1 Å². The number of amides is 1. The van der Waals surface area contributed by atoms with E-state index in [0.29, 0.717) is 29.2 Å². The van der Waals surface area contributed by atoms with Crippen LogP contribution in [0.4, 0.5) is 0 Å². The highest BCUT2D eigenvalue weighted by atomic mass is 16.7. The van der Waals surface area contributed by atoms with Crippen molar-refractivity contribution in [1.29, 1.82) is 0 Å². The topological polar surface area (TPSA) is 91.2 Å². The quantitative estimate of drug-likeness (QED) is 0.363. The molecule has 0 spiro atoms. The summed E-state index contributed by atoms with van der Waals surface area (Å²) in [6, 6.07) is 14.2. The fraction of sp³-hybridized carbons (Fsp3) is 0.208. The lowest BCUT2D eigenvalue weighted by atomic mass is 10.2. The van der Waals surface area contributed by atoms with Crippen LogP contribution in [0.1, 0.15) is 44.6 Å². The second kappa shape index (κ2) is 8.97. The molecule has 8 nitrogen and oxygen atoms in total. The minimum Gasteiger partial charge on any atom is -0.462 e. The van der Waals surface area contributed by atoms with Gasteiger partial charge in [-0.25, -0.2) is 10.2 Å². The van der Waals surface area contributed by atoms with Crippen LogP contribution in [-0.4, -0.2) is 36.1 Å². The second-order valence-electron chi connectivity index (χ2n) is 7.20. The monoisotopic (exact) mass is 433 g/mol. The zero-order valence-electron chi connectivity index (χ0n) is 18.0. The Labute approximate surface area is 185 Å². The van der Waals surface area contributed by atoms with Crippen LogP contribution in [-0.2, 0) is 4.74 Å². The molecule has 1 amide bonds. The van der Waals surface area contributed by atoms with Crippen molar-refractivity contribution in [3.05, 3.63) is 76.6 Å². The van der Waals surface area contributed by atoms with Crippen molar-refractivity contribution < 1.29 is 23.8 Å². The molecule has 1 aliphatic rings. The second-order valence-corrected chi connectivity index (χ2v) is 7.20. The molecule has 0 atom stereocenters. The molecule has 1 N–H and O–H groups in total. The molecule has 0 saturated heterocycles. The number of hydrazone groups is 1. The average Bonchev–Trinajstić information content (AvgIpc) is 3.37. The standard InChI is InChI=1S/C24H23N3O5/c1-4-30-24(29)17-5-8-20(9-6-17)27-15(2)11-19(16(27)3)13-25-26-23(28)18-7-10-21-22(12-18)32-14-31-21/h5-13H,4,14H2,1-3H3,(H,26,28). The molecule has 3 aromatic rings. The zero-order chi connectivity index (χ0) is 22.7. The number of carbonyl (C=O) groups is 2. The van der Waals surface area contributed by atoms with Crippen LogP contribution in [0.5, 0.6) is 11.5 Å². The first-order chi connectivity index (χ1) is 15.5. The van der Waals surface area contributed by atoms with Crippen molar-refractivity contribution in [1.82, 2.24) is 9.99 Å². The van der Waals surface area contributed by atoms with E-state index in [0.717, 1.165) is 22.6 Å². The van der Waals surface area contributed by atoms with E-state index in [4.69, 9.17) is 14.2 Å². The number of hydrogen-bond donors (Lipinski definition) is 1. The summed E-state index contributed by atoms with van der Waals surface area (Å²) < 4.78 is 17.6. The SMILES string of the molecule is CCOC(=O)c1ccc(-n2c(C)cc(C=NNC(=O)c3ccc4c(c3)OCO4)c2C)cc1. The Hall–Kier alpha value is -4.07. The molecule has 1 aliphatic heterocycles. The van der Waals surface area contributed by atoms with Gasteiger partial charge in [0.1, 0.15) is 0 Å². The molecule has 32 heavy (non-hydrogen) atoms. The maximum Gasteiger partial charge on any atom is 0.338 e. The highest BCUT2D eigenvalue weighted by Crippen LogP contribution is 2.32. The molecule has 0 fully saturated rings. The van der Waals surface area contributed by atoms with Gasteiger partial charge in [0.2, 0.25) is 6.79 Å². The van der Waals surface area contributed by atoms with Gasteiger partial charge < -0.3 is 18.8 Å². The predicted octanol–water partition coefficient (Wildman–Crippen LogP) is 3.76. The summed E-state index contributed by atoms with van der Waals surface area (Å²) in [5.74, 6) is 0.473. The molecule has 0 saturated carbocycles. The number of carbonyl (C=O) groups excluding carboxylic acids is 2. The molecule has 0 unspecified atom stereocenters. The lowest BCUT2D eigenvalue weighted by molar-refractivity contribution is 0.0526. The number of hydrogen-bond acceptors (Lipinski definition) is 6.